The number of hydrogen-bond acceptors (Lipinski definition) is 3. The zero-order valence-electron chi connectivity index (χ0n) is 15.3. The molecule has 1 saturated carbocycles. The number of ether oxygens (including phenoxy) is 1. The maximum atomic E-state index is 12.6. The normalized spacial score (nSPS) is 29.6. The Labute approximate surface area is 149 Å². The second-order valence-corrected chi connectivity index (χ2v) is 7.50. The maximum Gasteiger partial charge on any atom is 0.229 e. The largest absolute Gasteiger partial charge is 0.497 e. The van der Waals surface area contributed by atoms with E-state index in [-0.39, 0.29) is 23.8 Å². The number of rotatable bonds is 4. The van der Waals surface area contributed by atoms with Crippen molar-refractivity contribution in [2.45, 2.75) is 45.6 Å². The Kier molecular flexibility index (Phi) is 5.30. The van der Waals surface area contributed by atoms with Crippen molar-refractivity contribution in [2.24, 2.45) is 17.8 Å². The highest BCUT2D eigenvalue weighted by atomic mass is 16.5. The van der Waals surface area contributed by atoms with Gasteiger partial charge >= 0.3 is 0 Å². The summed E-state index contributed by atoms with van der Waals surface area (Å²) in [6.07, 6.45) is 3.79. The van der Waals surface area contributed by atoms with Gasteiger partial charge in [0.1, 0.15) is 5.75 Å². The lowest BCUT2D eigenvalue weighted by molar-refractivity contribution is -0.131. The predicted molar refractivity (Wildman–Crippen MR) is 97.4 cm³/mol. The quantitative estimate of drug-likeness (QED) is 0.912. The van der Waals surface area contributed by atoms with Crippen LogP contribution in [0.15, 0.2) is 24.3 Å². The van der Waals surface area contributed by atoms with Crippen LogP contribution in [0.4, 0.5) is 5.69 Å². The Hall–Kier alpha value is -2.04. The van der Waals surface area contributed by atoms with Gasteiger partial charge < -0.3 is 15.0 Å². The molecule has 1 aromatic rings. The van der Waals surface area contributed by atoms with Crippen LogP contribution >= 0.6 is 0 Å². The van der Waals surface area contributed by atoms with Gasteiger partial charge in [0.15, 0.2) is 0 Å². The summed E-state index contributed by atoms with van der Waals surface area (Å²) < 4.78 is 5.12. The van der Waals surface area contributed by atoms with E-state index >= 15 is 0 Å². The summed E-state index contributed by atoms with van der Waals surface area (Å²) in [6.45, 7) is 5.06. The molecule has 0 radical (unpaired) electrons. The average Bonchev–Trinajstić information content (AvgIpc) is 3.00. The zero-order chi connectivity index (χ0) is 18.0. The zero-order valence-corrected chi connectivity index (χ0v) is 15.3. The molecule has 1 aromatic carbocycles. The monoisotopic (exact) mass is 344 g/mol. The predicted octanol–water partition coefficient (Wildman–Crippen LogP) is 3.31. The molecule has 1 aliphatic heterocycles. The van der Waals surface area contributed by atoms with Crippen LogP contribution in [-0.2, 0) is 9.59 Å². The Morgan fingerprint density at radius 1 is 1.20 bits per heavy atom. The van der Waals surface area contributed by atoms with Crippen molar-refractivity contribution < 1.29 is 14.3 Å². The van der Waals surface area contributed by atoms with Gasteiger partial charge in [-0.2, -0.15) is 0 Å². The minimum Gasteiger partial charge on any atom is -0.497 e. The summed E-state index contributed by atoms with van der Waals surface area (Å²) in [5.41, 5.74) is 0.733. The summed E-state index contributed by atoms with van der Waals surface area (Å²) >= 11 is 0. The van der Waals surface area contributed by atoms with Gasteiger partial charge in [0, 0.05) is 24.7 Å². The van der Waals surface area contributed by atoms with Crippen molar-refractivity contribution in [1.82, 2.24) is 4.90 Å². The fourth-order valence-electron chi connectivity index (χ4n) is 4.14. The highest BCUT2D eigenvalue weighted by Crippen LogP contribution is 2.36. The van der Waals surface area contributed by atoms with Crippen molar-refractivity contribution >= 4 is 17.5 Å². The molecule has 2 amide bonds. The molecule has 3 rings (SSSR count). The molecule has 5 heteroatoms. The first-order chi connectivity index (χ1) is 12.0. The molecule has 136 valence electrons. The lowest BCUT2D eigenvalue weighted by Crippen LogP contribution is -2.45. The van der Waals surface area contributed by atoms with Crippen molar-refractivity contribution in [3.05, 3.63) is 24.3 Å². The van der Waals surface area contributed by atoms with Crippen LogP contribution in [0, 0.1) is 17.8 Å². The number of nitrogens with one attached hydrogen (secondary N) is 1. The molecule has 25 heavy (non-hydrogen) atoms. The van der Waals surface area contributed by atoms with Crippen LogP contribution in [0.3, 0.4) is 0 Å². The molecule has 1 N–H and O–H groups in total. The molecule has 2 fully saturated rings. The highest BCUT2D eigenvalue weighted by Gasteiger charge is 2.41. The summed E-state index contributed by atoms with van der Waals surface area (Å²) in [4.78, 5) is 27.0. The Morgan fingerprint density at radius 2 is 1.92 bits per heavy atom. The number of nitrogens with zero attached hydrogens (tertiary/aromatic N) is 1. The molecule has 1 aliphatic carbocycles. The van der Waals surface area contributed by atoms with Gasteiger partial charge in [-0.15, -0.1) is 0 Å². The molecule has 1 heterocycles. The number of methoxy groups -OCH3 is 1. The Bertz CT molecular complexity index is 628. The fourth-order valence-corrected chi connectivity index (χ4v) is 4.14. The van der Waals surface area contributed by atoms with E-state index in [0.717, 1.165) is 17.9 Å². The van der Waals surface area contributed by atoms with Gasteiger partial charge in [0.25, 0.3) is 0 Å². The smallest absolute Gasteiger partial charge is 0.229 e. The third-order valence-corrected chi connectivity index (χ3v) is 5.95. The molecule has 0 unspecified atom stereocenters. The van der Waals surface area contributed by atoms with Gasteiger partial charge in [-0.05, 0) is 42.5 Å². The Morgan fingerprint density at radius 3 is 2.60 bits per heavy atom. The number of amides is 2. The van der Waals surface area contributed by atoms with Crippen LogP contribution in [0.2, 0.25) is 0 Å². The van der Waals surface area contributed by atoms with Crippen LogP contribution in [0.5, 0.6) is 5.75 Å². The van der Waals surface area contributed by atoms with Crippen LogP contribution < -0.4 is 10.1 Å². The number of likely N-dealkylation sites (tertiary alicyclic amines) is 1. The van der Waals surface area contributed by atoms with E-state index in [1.165, 1.54) is 12.8 Å². The van der Waals surface area contributed by atoms with Crippen LogP contribution in [-0.4, -0.2) is 36.4 Å². The third kappa shape index (κ3) is 3.80. The van der Waals surface area contributed by atoms with Gasteiger partial charge in [-0.25, -0.2) is 0 Å². The van der Waals surface area contributed by atoms with E-state index < -0.39 is 0 Å². The lowest BCUT2D eigenvalue weighted by atomic mass is 9.77. The van der Waals surface area contributed by atoms with Gasteiger partial charge in [0.2, 0.25) is 11.8 Å². The number of hydrogen-bond donors (Lipinski definition) is 1. The first kappa shape index (κ1) is 17.8. The summed E-state index contributed by atoms with van der Waals surface area (Å²) in [5.74, 6) is 1.68. The molecule has 5 nitrogen and oxygen atoms in total. The van der Waals surface area contributed by atoms with Crippen molar-refractivity contribution in [3.8, 4) is 5.75 Å². The maximum absolute atomic E-state index is 12.6. The lowest BCUT2D eigenvalue weighted by Gasteiger charge is -2.40. The molecule has 0 spiro atoms. The first-order valence-corrected chi connectivity index (χ1v) is 9.24. The van der Waals surface area contributed by atoms with E-state index in [9.17, 15) is 9.59 Å². The molecule has 4 atom stereocenters. The van der Waals surface area contributed by atoms with Gasteiger partial charge in [-0.3, -0.25) is 9.59 Å². The van der Waals surface area contributed by atoms with E-state index in [0.29, 0.717) is 24.8 Å². The Balaban J connectivity index is 1.62. The second-order valence-electron chi connectivity index (χ2n) is 7.50. The average molecular weight is 344 g/mol. The molecule has 0 bridgehead atoms. The first-order valence-electron chi connectivity index (χ1n) is 9.24. The second kappa shape index (κ2) is 7.46. The third-order valence-electron chi connectivity index (χ3n) is 5.95. The van der Waals surface area contributed by atoms with E-state index in [1.807, 2.05) is 29.2 Å². The number of benzene rings is 1. The minimum absolute atomic E-state index is 0.0717. The minimum atomic E-state index is -0.265. The number of carbonyl (C=O) groups excluding carboxylic acids is 2. The topological polar surface area (TPSA) is 58.6 Å². The molecule has 1 saturated heterocycles. The van der Waals surface area contributed by atoms with E-state index in [2.05, 4.69) is 19.2 Å². The number of carbonyl (C=O) groups is 2. The van der Waals surface area contributed by atoms with Crippen LogP contribution in [0.25, 0.3) is 0 Å². The van der Waals surface area contributed by atoms with Crippen LogP contribution in [0.1, 0.15) is 39.5 Å². The standard InChI is InChI=1S/C20H28N2O3/c1-13-5-4-6-18(14(13)2)22-12-15(11-19(22)23)20(24)21-16-7-9-17(25-3)10-8-16/h7-10,13-15,18H,4-6,11-12H2,1-3H3,(H,21,24)/t13-,14+,15-,18-/m1/s1. The molecule has 0 aromatic heterocycles. The molecular weight excluding hydrogens is 316 g/mol. The molecule has 2 aliphatic rings. The molecular formula is C20H28N2O3. The fraction of sp³-hybridized carbons (Fsp3) is 0.600. The SMILES string of the molecule is COc1ccc(NC(=O)[C@@H]2CC(=O)N([C@@H]3CCC[C@@H](C)[C@@H]3C)C2)cc1. The highest BCUT2D eigenvalue weighted by molar-refractivity contribution is 5.97. The summed E-state index contributed by atoms with van der Waals surface area (Å²) in [6, 6.07) is 7.54. The van der Waals surface area contributed by atoms with Gasteiger partial charge in [0.05, 0.1) is 13.0 Å². The summed E-state index contributed by atoms with van der Waals surface area (Å²) in [7, 11) is 1.61. The van der Waals surface area contributed by atoms with E-state index in [1.54, 1.807) is 7.11 Å². The number of anilines is 1. The van der Waals surface area contributed by atoms with Gasteiger partial charge in [-0.1, -0.05) is 26.7 Å². The van der Waals surface area contributed by atoms with E-state index in [4.69, 9.17) is 4.74 Å². The van der Waals surface area contributed by atoms with Crippen molar-refractivity contribution in [3.63, 3.8) is 0 Å². The summed E-state index contributed by atoms with van der Waals surface area (Å²) in [5, 5.41) is 2.93. The van der Waals surface area contributed by atoms with Crippen molar-refractivity contribution in [2.75, 3.05) is 19.0 Å². The van der Waals surface area contributed by atoms with Crippen molar-refractivity contribution in [1.29, 1.82) is 0 Å².